The van der Waals surface area contributed by atoms with Crippen molar-refractivity contribution in [1.82, 2.24) is 19.5 Å². The van der Waals surface area contributed by atoms with Gasteiger partial charge >= 0.3 is 5.69 Å². The van der Waals surface area contributed by atoms with Gasteiger partial charge in [-0.15, -0.1) is 0 Å². The molecule has 0 aliphatic heterocycles. The Morgan fingerprint density at radius 3 is 2.67 bits per heavy atom. The van der Waals surface area contributed by atoms with E-state index in [0.29, 0.717) is 29.3 Å². The summed E-state index contributed by atoms with van der Waals surface area (Å²) in [5, 5.41) is 0.240. The quantitative estimate of drug-likeness (QED) is 0.754. The first kappa shape index (κ1) is 13.6. The summed E-state index contributed by atoms with van der Waals surface area (Å²) in [6, 6.07) is 7.17. The second kappa shape index (κ2) is 5.21. The summed E-state index contributed by atoms with van der Waals surface area (Å²) in [6.45, 7) is 4.22. The molecule has 0 aliphatic carbocycles. The van der Waals surface area contributed by atoms with Gasteiger partial charge in [0.25, 0.3) is 0 Å². The van der Waals surface area contributed by atoms with Crippen LogP contribution >= 0.6 is 11.6 Å². The number of nitrogens with one attached hydrogen (secondary N) is 1. The van der Waals surface area contributed by atoms with Gasteiger partial charge in [-0.25, -0.2) is 14.8 Å². The molecular weight excluding hydrogens is 292 g/mol. The first-order chi connectivity index (χ1) is 10.1. The SMILES string of the molecule is CCOc1ccc(-n2c(=O)[nH]c3nc(C)nc(Cl)c32)cc1. The molecule has 3 rings (SSSR count). The van der Waals surface area contributed by atoms with Crippen LogP contribution in [0.3, 0.4) is 0 Å². The standard InChI is InChI=1S/C14H13ClN4O2/c1-3-21-10-6-4-9(5-7-10)19-11-12(15)16-8(2)17-13(11)18-14(19)20/h4-7H,3H2,1-2H3,(H,16,17,18,20). The van der Waals surface area contributed by atoms with Crippen molar-refractivity contribution in [1.29, 1.82) is 0 Å². The number of benzene rings is 1. The topological polar surface area (TPSA) is 72.8 Å². The largest absolute Gasteiger partial charge is 0.494 e. The minimum atomic E-state index is -0.309. The molecule has 6 nitrogen and oxygen atoms in total. The minimum absolute atomic E-state index is 0.240. The van der Waals surface area contributed by atoms with Gasteiger partial charge in [0.05, 0.1) is 12.3 Å². The van der Waals surface area contributed by atoms with Crippen LogP contribution in [0, 0.1) is 6.92 Å². The second-order valence-electron chi connectivity index (χ2n) is 4.45. The molecule has 0 spiro atoms. The molecule has 0 amide bonds. The van der Waals surface area contributed by atoms with Crippen LogP contribution in [0.5, 0.6) is 5.75 Å². The molecule has 0 aliphatic rings. The number of halogens is 1. The minimum Gasteiger partial charge on any atom is -0.494 e. The van der Waals surface area contributed by atoms with Crippen molar-refractivity contribution in [2.75, 3.05) is 6.61 Å². The van der Waals surface area contributed by atoms with E-state index in [2.05, 4.69) is 15.0 Å². The average Bonchev–Trinajstić information content (AvgIpc) is 2.76. The summed E-state index contributed by atoms with van der Waals surface area (Å²) in [6.07, 6.45) is 0. The third kappa shape index (κ3) is 2.38. The molecule has 0 atom stereocenters. The van der Waals surface area contributed by atoms with E-state index in [0.717, 1.165) is 5.75 Å². The average molecular weight is 305 g/mol. The Balaban J connectivity index is 2.20. The Morgan fingerprint density at radius 2 is 2.00 bits per heavy atom. The first-order valence-corrected chi connectivity index (χ1v) is 6.86. The zero-order valence-electron chi connectivity index (χ0n) is 11.6. The summed E-state index contributed by atoms with van der Waals surface area (Å²) < 4.78 is 6.84. The maximum Gasteiger partial charge on any atom is 0.332 e. The number of ether oxygens (including phenoxy) is 1. The highest BCUT2D eigenvalue weighted by Gasteiger charge is 2.14. The number of H-pyrrole nitrogens is 1. The van der Waals surface area contributed by atoms with Crippen molar-refractivity contribution < 1.29 is 4.74 Å². The van der Waals surface area contributed by atoms with E-state index in [-0.39, 0.29) is 10.8 Å². The van der Waals surface area contributed by atoms with Crippen LogP contribution in [0.2, 0.25) is 5.15 Å². The maximum atomic E-state index is 12.2. The van der Waals surface area contributed by atoms with Crippen LogP contribution < -0.4 is 10.4 Å². The van der Waals surface area contributed by atoms with Gasteiger partial charge in [0.15, 0.2) is 10.8 Å². The molecule has 2 heterocycles. The smallest absolute Gasteiger partial charge is 0.332 e. The highest BCUT2D eigenvalue weighted by atomic mass is 35.5. The Morgan fingerprint density at radius 1 is 1.29 bits per heavy atom. The number of fused-ring (bicyclic) bond motifs is 1. The fraction of sp³-hybridized carbons (Fsp3) is 0.214. The molecule has 1 aromatic carbocycles. The summed E-state index contributed by atoms with van der Waals surface area (Å²) in [5.74, 6) is 1.25. The molecule has 108 valence electrons. The number of hydrogen-bond acceptors (Lipinski definition) is 4. The number of aromatic nitrogens is 4. The molecule has 0 fully saturated rings. The number of nitrogens with zero attached hydrogens (tertiary/aromatic N) is 3. The number of imidazole rings is 1. The lowest BCUT2D eigenvalue weighted by Crippen LogP contribution is -2.14. The normalized spacial score (nSPS) is 11.0. The summed E-state index contributed by atoms with van der Waals surface area (Å²) in [7, 11) is 0. The molecule has 7 heteroatoms. The van der Waals surface area contributed by atoms with Crippen LogP contribution in [0.1, 0.15) is 12.7 Å². The van der Waals surface area contributed by atoms with E-state index in [9.17, 15) is 4.79 Å². The van der Waals surface area contributed by atoms with E-state index >= 15 is 0 Å². The molecule has 21 heavy (non-hydrogen) atoms. The molecule has 2 aromatic heterocycles. The summed E-state index contributed by atoms with van der Waals surface area (Å²) in [5.41, 5.74) is 1.25. The molecule has 1 N–H and O–H groups in total. The predicted molar refractivity (Wildman–Crippen MR) is 80.4 cm³/mol. The van der Waals surface area contributed by atoms with Crippen molar-refractivity contribution in [3.05, 3.63) is 45.7 Å². The van der Waals surface area contributed by atoms with Gasteiger partial charge in [-0.3, -0.25) is 9.55 Å². The van der Waals surface area contributed by atoms with Gasteiger partial charge in [0.1, 0.15) is 17.1 Å². The van der Waals surface area contributed by atoms with Crippen molar-refractivity contribution in [3.63, 3.8) is 0 Å². The third-order valence-corrected chi connectivity index (χ3v) is 3.27. The zero-order chi connectivity index (χ0) is 15.0. The second-order valence-corrected chi connectivity index (χ2v) is 4.81. The lowest BCUT2D eigenvalue weighted by atomic mass is 10.3. The highest BCUT2D eigenvalue weighted by molar-refractivity contribution is 6.33. The first-order valence-electron chi connectivity index (χ1n) is 6.48. The van der Waals surface area contributed by atoms with Crippen LogP contribution in [0.4, 0.5) is 0 Å². The fourth-order valence-corrected chi connectivity index (χ4v) is 2.48. The van der Waals surface area contributed by atoms with Crippen molar-refractivity contribution in [2.45, 2.75) is 13.8 Å². The molecule has 0 saturated heterocycles. The molecule has 3 aromatic rings. The van der Waals surface area contributed by atoms with Gasteiger partial charge in [0, 0.05) is 0 Å². The Bertz CT molecular complexity index is 852. The zero-order valence-corrected chi connectivity index (χ0v) is 12.3. The van der Waals surface area contributed by atoms with Crippen molar-refractivity contribution >= 4 is 22.8 Å². The van der Waals surface area contributed by atoms with Gasteiger partial charge in [0.2, 0.25) is 0 Å². The number of hydrogen-bond donors (Lipinski definition) is 1. The Labute approximate surface area is 125 Å². The van der Waals surface area contributed by atoms with Gasteiger partial charge in [-0.2, -0.15) is 0 Å². The van der Waals surface area contributed by atoms with Crippen LogP contribution in [0.25, 0.3) is 16.9 Å². The van der Waals surface area contributed by atoms with Crippen molar-refractivity contribution in [3.8, 4) is 11.4 Å². The fourth-order valence-electron chi connectivity index (χ4n) is 2.18. The Kier molecular flexibility index (Phi) is 3.39. The highest BCUT2D eigenvalue weighted by Crippen LogP contribution is 2.22. The van der Waals surface area contributed by atoms with Gasteiger partial charge in [-0.1, -0.05) is 11.6 Å². The number of aryl methyl sites for hydroxylation is 1. The third-order valence-electron chi connectivity index (χ3n) is 3.01. The number of rotatable bonds is 3. The van der Waals surface area contributed by atoms with Crippen LogP contribution in [-0.4, -0.2) is 26.1 Å². The van der Waals surface area contributed by atoms with E-state index in [4.69, 9.17) is 16.3 Å². The molecule has 0 radical (unpaired) electrons. The monoisotopic (exact) mass is 304 g/mol. The van der Waals surface area contributed by atoms with Gasteiger partial charge in [-0.05, 0) is 38.1 Å². The molecular formula is C14H13ClN4O2. The van der Waals surface area contributed by atoms with E-state index in [1.165, 1.54) is 4.57 Å². The lowest BCUT2D eigenvalue weighted by molar-refractivity contribution is 0.340. The number of aromatic amines is 1. The predicted octanol–water partition coefficient (Wildman–Crippen LogP) is 2.47. The molecule has 0 saturated carbocycles. The molecule has 0 bridgehead atoms. The van der Waals surface area contributed by atoms with Crippen LogP contribution in [0.15, 0.2) is 29.1 Å². The summed E-state index contributed by atoms with van der Waals surface area (Å²) >= 11 is 6.16. The van der Waals surface area contributed by atoms with E-state index in [1.54, 1.807) is 31.2 Å². The summed E-state index contributed by atoms with van der Waals surface area (Å²) in [4.78, 5) is 23.1. The van der Waals surface area contributed by atoms with Gasteiger partial charge < -0.3 is 4.74 Å². The molecule has 0 unspecified atom stereocenters. The van der Waals surface area contributed by atoms with Crippen LogP contribution in [-0.2, 0) is 0 Å². The Hall–Kier alpha value is -2.34. The maximum absolute atomic E-state index is 12.2. The lowest BCUT2D eigenvalue weighted by Gasteiger charge is -2.06. The van der Waals surface area contributed by atoms with E-state index < -0.39 is 0 Å². The van der Waals surface area contributed by atoms with Crippen molar-refractivity contribution in [2.24, 2.45) is 0 Å². The van der Waals surface area contributed by atoms with E-state index in [1.807, 2.05) is 6.92 Å².